The molecule has 0 fully saturated rings. The van der Waals surface area contributed by atoms with Gasteiger partial charge < -0.3 is 9.84 Å². The molecule has 0 atom stereocenters. The van der Waals surface area contributed by atoms with E-state index in [9.17, 15) is 5.11 Å². The Morgan fingerprint density at radius 2 is 1.96 bits per heavy atom. The second kappa shape index (κ2) is 6.26. The maximum absolute atomic E-state index is 9.80. The molecule has 4 heteroatoms. The van der Waals surface area contributed by atoms with Gasteiger partial charge in [-0.3, -0.25) is 4.40 Å². The average Bonchev–Trinajstić information content (AvgIpc) is 2.93. The smallest absolute Gasteiger partial charge is 0.137 e. The largest absolute Gasteiger partial charge is 0.489 e. The molecule has 0 radical (unpaired) electrons. The van der Waals surface area contributed by atoms with Crippen LogP contribution in [0, 0.1) is 6.92 Å². The van der Waals surface area contributed by atoms with Gasteiger partial charge in [0, 0.05) is 11.3 Å². The van der Waals surface area contributed by atoms with Crippen LogP contribution >= 0.6 is 0 Å². The molecule has 3 aromatic rings. The van der Waals surface area contributed by atoms with Gasteiger partial charge in [-0.25, -0.2) is 4.98 Å². The molecule has 0 amide bonds. The molecule has 118 valence electrons. The van der Waals surface area contributed by atoms with Crippen molar-refractivity contribution in [2.24, 2.45) is 0 Å². The van der Waals surface area contributed by atoms with Gasteiger partial charge in [-0.1, -0.05) is 12.6 Å². The molecule has 4 nitrogen and oxygen atoms in total. The number of aliphatic hydroxyl groups excluding tert-OH is 1. The van der Waals surface area contributed by atoms with E-state index >= 15 is 0 Å². The number of aryl methyl sites for hydroxylation is 1. The molecular formula is C19H20N2O2. The number of hydrogen-bond donors (Lipinski definition) is 1. The fourth-order valence-electron chi connectivity index (χ4n) is 2.62. The average molecular weight is 308 g/mol. The molecule has 2 aromatic heterocycles. The number of pyridine rings is 1. The Morgan fingerprint density at radius 1 is 1.22 bits per heavy atom. The number of imidazole rings is 1. The first kappa shape index (κ1) is 15.3. The lowest BCUT2D eigenvalue weighted by atomic mass is 10.1. The molecule has 3 rings (SSSR count). The Labute approximate surface area is 135 Å². The third-order valence-electron chi connectivity index (χ3n) is 3.70. The van der Waals surface area contributed by atoms with Gasteiger partial charge >= 0.3 is 0 Å². The molecule has 0 bridgehead atoms. The van der Waals surface area contributed by atoms with Gasteiger partial charge in [0.2, 0.25) is 0 Å². The van der Waals surface area contributed by atoms with Gasteiger partial charge in [0.15, 0.2) is 0 Å². The van der Waals surface area contributed by atoms with E-state index < -0.39 is 0 Å². The summed E-state index contributed by atoms with van der Waals surface area (Å²) in [4.78, 5) is 4.67. The second-order valence-corrected chi connectivity index (χ2v) is 5.70. The molecule has 2 heterocycles. The van der Waals surface area contributed by atoms with E-state index in [2.05, 4.69) is 11.6 Å². The maximum atomic E-state index is 9.80. The first-order valence-corrected chi connectivity index (χ1v) is 7.55. The predicted molar refractivity (Wildman–Crippen MR) is 91.6 cm³/mol. The molecule has 0 spiro atoms. The van der Waals surface area contributed by atoms with E-state index in [4.69, 9.17) is 4.74 Å². The summed E-state index contributed by atoms with van der Waals surface area (Å²) in [5, 5.41) is 9.80. The van der Waals surface area contributed by atoms with E-state index in [1.54, 1.807) is 0 Å². The van der Waals surface area contributed by atoms with E-state index in [0.717, 1.165) is 39.6 Å². The number of fused-ring (bicyclic) bond motifs is 1. The van der Waals surface area contributed by atoms with Crippen molar-refractivity contribution in [3.63, 3.8) is 0 Å². The van der Waals surface area contributed by atoms with Crippen LogP contribution < -0.4 is 4.74 Å². The zero-order valence-corrected chi connectivity index (χ0v) is 13.4. The van der Waals surface area contributed by atoms with Crippen LogP contribution in [0.1, 0.15) is 18.3 Å². The summed E-state index contributed by atoms with van der Waals surface area (Å²) in [6.07, 6.45) is 0. The Morgan fingerprint density at radius 3 is 2.61 bits per heavy atom. The van der Waals surface area contributed by atoms with Crippen molar-refractivity contribution < 1.29 is 9.84 Å². The monoisotopic (exact) mass is 308 g/mol. The fourth-order valence-corrected chi connectivity index (χ4v) is 2.62. The van der Waals surface area contributed by atoms with E-state index in [-0.39, 0.29) is 6.61 Å². The summed E-state index contributed by atoms with van der Waals surface area (Å²) in [7, 11) is 0. The quantitative estimate of drug-likeness (QED) is 0.730. The molecule has 0 aliphatic carbocycles. The zero-order chi connectivity index (χ0) is 16.4. The number of aliphatic hydroxyl groups is 1. The summed E-state index contributed by atoms with van der Waals surface area (Å²) >= 11 is 0. The van der Waals surface area contributed by atoms with Crippen molar-refractivity contribution in [1.82, 2.24) is 9.38 Å². The molecule has 0 aliphatic heterocycles. The van der Waals surface area contributed by atoms with Crippen LogP contribution in [0.5, 0.6) is 5.75 Å². The lowest BCUT2D eigenvalue weighted by molar-refractivity contribution is 0.276. The normalized spacial score (nSPS) is 10.9. The first-order valence-electron chi connectivity index (χ1n) is 7.55. The van der Waals surface area contributed by atoms with Crippen LogP contribution in [0.25, 0.3) is 16.9 Å². The summed E-state index contributed by atoms with van der Waals surface area (Å²) in [6.45, 7) is 8.21. The number of hydrogen-bond acceptors (Lipinski definition) is 3. The third kappa shape index (κ3) is 2.98. The van der Waals surface area contributed by atoms with Crippen LogP contribution in [-0.2, 0) is 6.61 Å². The minimum absolute atomic E-state index is 0.0603. The summed E-state index contributed by atoms with van der Waals surface area (Å²) in [5.74, 6) is 0.794. The molecule has 0 unspecified atom stereocenters. The number of rotatable bonds is 5. The highest BCUT2D eigenvalue weighted by atomic mass is 16.5. The van der Waals surface area contributed by atoms with Crippen LogP contribution in [0.4, 0.5) is 0 Å². The van der Waals surface area contributed by atoms with Crippen molar-refractivity contribution >= 4 is 5.65 Å². The van der Waals surface area contributed by atoms with Crippen molar-refractivity contribution in [2.45, 2.75) is 20.5 Å². The SMILES string of the molecule is C=C(C)COc1ccc(-c2nc3cccc(C)n3c2CO)cc1. The standard InChI is InChI=1S/C19H20N2O2/c1-13(2)12-23-16-9-7-15(8-10-16)19-17(11-22)21-14(3)5-4-6-18(21)20-19/h4-10,22H,1,11-12H2,2-3H3. The number of ether oxygens (including phenoxy) is 1. The third-order valence-corrected chi connectivity index (χ3v) is 3.70. The van der Waals surface area contributed by atoms with Crippen LogP contribution in [0.15, 0.2) is 54.6 Å². The van der Waals surface area contributed by atoms with Crippen LogP contribution in [0.2, 0.25) is 0 Å². The fraction of sp³-hybridized carbons (Fsp3) is 0.211. The van der Waals surface area contributed by atoms with Gasteiger partial charge in [-0.15, -0.1) is 0 Å². The molecule has 0 aliphatic rings. The first-order chi connectivity index (χ1) is 11.1. The molecule has 0 saturated heterocycles. The van der Waals surface area contributed by atoms with Crippen LogP contribution in [0.3, 0.4) is 0 Å². The van der Waals surface area contributed by atoms with Crippen molar-refractivity contribution in [1.29, 1.82) is 0 Å². The minimum Gasteiger partial charge on any atom is -0.489 e. The highest BCUT2D eigenvalue weighted by Crippen LogP contribution is 2.27. The number of nitrogens with zero attached hydrogens (tertiary/aromatic N) is 2. The summed E-state index contributed by atoms with van der Waals surface area (Å²) in [5.41, 5.74) is 5.42. The number of benzene rings is 1. The Hall–Kier alpha value is -2.59. The van der Waals surface area contributed by atoms with Gasteiger partial charge in [-0.05, 0) is 55.8 Å². The zero-order valence-electron chi connectivity index (χ0n) is 13.4. The van der Waals surface area contributed by atoms with Crippen molar-refractivity contribution in [2.75, 3.05) is 6.61 Å². The lowest BCUT2D eigenvalue weighted by Gasteiger charge is -2.07. The minimum atomic E-state index is -0.0603. The summed E-state index contributed by atoms with van der Waals surface area (Å²) in [6, 6.07) is 13.7. The predicted octanol–water partition coefficient (Wildman–Crippen LogP) is 3.76. The lowest BCUT2D eigenvalue weighted by Crippen LogP contribution is -1.98. The van der Waals surface area contributed by atoms with Crippen molar-refractivity contribution in [3.05, 3.63) is 66.0 Å². The Kier molecular flexibility index (Phi) is 4.17. The maximum Gasteiger partial charge on any atom is 0.137 e. The summed E-state index contributed by atoms with van der Waals surface area (Å²) < 4.78 is 7.61. The van der Waals surface area contributed by atoms with Crippen molar-refractivity contribution in [3.8, 4) is 17.0 Å². The van der Waals surface area contributed by atoms with E-state index in [1.807, 2.05) is 60.7 Å². The Bertz CT molecular complexity index is 848. The van der Waals surface area contributed by atoms with Gasteiger partial charge in [0.25, 0.3) is 0 Å². The molecule has 23 heavy (non-hydrogen) atoms. The topological polar surface area (TPSA) is 46.8 Å². The van der Waals surface area contributed by atoms with Gasteiger partial charge in [0.1, 0.15) is 18.0 Å². The number of aromatic nitrogens is 2. The molecular weight excluding hydrogens is 288 g/mol. The van der Waals surface area contributed by atoms with Crippen LogP contribution in [-0.4, -0.2) is 21.1 Å². The Balaban J connectivity index is 2.00. The highest BCUT2D eigenvalue weighted by molar-refractivity contribution is 5.67. The van der Waals surface area contributed by atoms with E-state index in [1.165, 1.54) is 0 Å². The molecule has 1 N–H and O–H groups in total. The van der Waals surface area contributed by atoms with Gasteiger partial charge in [0.05, 0.1) is 18.0 Å². The van der Waals surface area contributed by atoms with E-state index in [0.29, 0.717) is 6.61 Å². The molecule has 1 aromatic carbocycles. The molecule has 0 saturated carbocycles. The highest BCUT2D eigenvalue weighted by Gasteiger charge is 2.14. The van der Waals surface area contributed by atoms with Gasteiger partial charge in [-0.2, -0.15) is 0 Å². The second-order valence-electron chi connectivity index (χ2n) is 5.70.